The number of rotatable bonds is 7. The highest BCUT2D eigenvalue weighted by molar-refractivity contribution is 7.14. The van der Waals surface area contributed by atoms with Crippen molar-refractivity contribution >= 4 is 34.3 Å². The molecule has 2 amide bonds. The van der Waals surface area contributed by atoms with Crippen molar-refractivity contribution in [1.29, 1.82) is 0 Å². The average Bonchev–Trinajstić information content (AvgIpc) is 3.41. The van der Waals surface area contributed by atoms with Crippen LogP contribution in [0, 0.1) is 0 Å². The number of hydrogen-bond acceptors (Lipinski definition) is 7. The van der Waals surface area contributed by atoms with Gasteiger partial charge in [-0.2, -0.15) is 0 Å². The SMILES string of the molecule is COC(=O)c1cc(-c2csc(NC(=O)CCNC(=O)c3ccco3)n2)c[nH]1. The Morgan fingerprint density at radius 3 is 2.96 bits per heavy atom. The van der Waals surface area contributed by atoms with E-state index in [4.69, 9.17) is 4.42 Å². The van der Waals surface area contributed by atoms with Crippen molar-refractivity contribution in [3.05, 3.63) is 47.5 Å². The molecule has 3 heterocycles. The number of nitrogens with zero attached hydrogens (tertiary/aromatic N) is 1. The summed E-state index contributed by atoms with van der Waals surface area (Å²) < 4.78 is 9.60. The summed E-state index contributed by atoms with van der Waals surface area (Å²) in [5.74, 6) is -0.933. The van der Waals surface area contributed by atoms with Crippen molar-refractivity contribution in [3.8, 4) is 11.3 Å². The molecular formula is C17H16N4O5S. The summed E-state index contributed by atoms with van der Waals surface area (Å²) >= 11 is 1.26. The van der Waals surface area contributed by atoms with Gasteiger partial charge >= 0.3 is 5.97 Å². The van der Waals surface area contributed by atoms with Gasteiger partial charge in [-0.1, -0.05) is 0 Å². The summed E-state index contributed by atoms with van der Waals surface area (Å²) in [5, 5.41) is 7.45. The predicted octanol–water partition coefficient (Wildman–Crippen LogP) is 2.28. The van der Waals surface area contributed by atoms with Crippen LogP contribution < -0.4 is 10.6 Å². The first-order valence-corrected chi connectivity index (χ1v) is 8.79. The van der Waals surface area contributed by atoms with Crippen molar-refractivity contribution in [3.63, 3.8) is 0 Å². The van der Waals surface area contributed by atoms with Gasteiger partial charge in [0.25, 0.3) is 5.91 Å². The Labute approximate surface area is 157 Å². The number of hydrogen-bond donors (Lipinski definition) is 3. The van der Waals surface area contributed by atoms with Crippen LogP contribution in [0.4, 0.5) is 5.13 Å². The third-order valence-electron chi connectivity index (χ3n) is 3.52. The zero-order valence-corrected chi connectivity index (χ0v) is 15.1. The highest BCUT2D eigenvalue weighted by Gasteiger charge is 2.13. The largest absolute Gasteiger partial charge is 0.464 e. The van der Waals surface area contributed by atoms with Crippen LogP contribution in [0.2, 0.25) is 0 Å². The molecule has 0 radical (unpaired) electrons. The minimum atomic E-state index is -0.471. The lowest BCUT2D eigenvalue weighted by Crippen LogP contribution is -2.27. The molecule has 9 nitrogen and oxygen atoms in total. The van der Waals surface area contributed by atoms with E-state index in [1.54, 1.807) is 29.8 Å². The first kappa shape index (κ1) is 18.4. The number of methoxy groups -OCH3 is 1. The first-order valence-electron chi connectivity index (χ1n) is 7.91. The molecule has 0 fully saturated rings. The quantitative estimate of drug-likeness (QED) is 0.533. The summed E-state index contributed by atoms with van der Waals surface area (Å²) in [6.07, 6.45) is 3.13. The maximum absolute atomic E-state index is 12.0. The van der Waals surface area contributed by atoms with E-state index in [9.17, 15) is 14.4 Å². The summed E-state index contributed by atoms with van der Waals surface area (Å²) in [6.45, 7) is 0.171. The Bertz CT molecular complexity index is 944. The number of amides is 2. The molecule has 0 spiro atoms. The smallest absolute Gasteiger partial charge is 0.354 e. The maximum Gasteiger partial charge on any atom is 0.354 e. The average molecular weight is 388 g/mol. The van der Waals surface area contributed by atoms with Crippen molar-refractivity contribution in [2.75, 3.05) is 19.0 Å². The molecule has 0 unspecified atom stereocenters. The highest BCUT2D eigenvalue weighted by atomic mass is 32.1. The summed E-state index contributed by atoms with van der Waals surface area (Å²) in [4.78, 5) is 42.3. The number of H-pyrrole nitrogens is 1. The Kier molecular flexibility index (Phi) is 5.67. The molecule has 0 aromatic carbocycles. The highest BCUT2D eigenvalue weighted by Crippen LogP contribution is 2.25. The molecule has 0 bridgehead atoms. The van der Waals surface area contributed by atoms with Crippen LogP contribution in [-0.2, 0) is 9.53 Å². The van der Waals surface area contributed by atoms with Gasteiger partial charge in [-0.15, -0.1) is 11.3 Å². The predicted molar refractivity (Wildman–Crippen MR) is 97.5 cm³/mol. The van der Waals surface area contributed by atoms with Crippen LogP contribution in [0.1, 0.15) is 27.5 Å². The van der Waals surface area contributed by atoms with E-state index in [-0.39, 0.29) is 30.5 Å². The van der Waals surface area contributed by atoms with Crippen LogP contribution in [0.25, 0.3) is 11.3 Å². The number of carbonyl (C=O) groups is 3. The molecule has 0 aliphatic carbocycles. The minimum absolute atomic E-state index is 0.0952. The Hall–Kier alpha value is -3.40. The van der Waals surface area contributed by atoms with Gasteiger partial charge in [0.2, 0.25) is 5.91 Å². The second kappa shape index (κ2) is 8.32. The number of aromatic nitrogens is 2. The van der Waals surface area contributed by atoms with Crippen molar-refractivity contribution < 1.29 is 23.5 Å². The van der Waals surface area contributed by atoms with Gasteiger partial charge < -0.3 is 24.8 Å². The van der Waals surface area contributed by atoms with Gasteiger partial charge in [-0.25, -0.2) is 9.78 Å². The molecular weight excluding hydrogens is 372 g/mol. The number of ether oxygens (including phenoxy) is 1. The summed E-state index contributed by atoms with van der Waals surface area (Å²) in [5.41, 5.74) is 1.64. The fourth-order valence-corrected chi connectivity index (χ4v) is 2.94. The van der Waals surface area contributed by atoms with Gasteiger partial charge in [0.05, 0.1) is 19.1 Å². The third kappa shape index (κ3) is 4.61. The molecule has 0 atom stereocenters. The van der Waals surface area contributed by atoms with Crippen LogP contribution in [0.3, 0.4) is 0 Å². The Morgan fingerprint density at radius 1 is 1.37 bits per heavy atom. The monoisotopic (exact) mass is 388 g/mol. The van der Waals surface area contributed by atoms with Gasteiger partial charge in [0.1, 0.15) is 5.69 Å². The van der Waals surface area contributed by atoms with E-state index in [0.29, 0.717) is 22.1 Å². The van der Waals surface area contributed by atoms with Gasteiger partial charge in [0.15, 0.2) is 10.9 Å². The number of anilines is 1. The normalized spacial score (nSPS) is 10.4. The molecule has 3 N–H and O–H groups in total. The van der Waals surface area contributed by atoms with Crippen molar-refractivity contribution in [2.45, 2.75) is 6.42 Å². The number of furan rings is 1. The van der Waals surface area contributed by atoms with Crippen molar-refractivity contribution in [2.24, 2.45) is 0 Å². The number of carbonyl (C=O) groups excluding carboxylic acids is 3. The van der Waals surface area contributed by atoms with Crippen molar-refractivity contribution in [1.82, 2.24) is 15.3 Å². The second-order valence-corrected chi connectivity index (χ2v) is 6.22. The Balaban J connectivity index is 1.50. The number of aromatic amines is 1. The molecule has 3 aromatic heterocycles. The molecule has 3 rings (SSSR count). The molecule has 27 heavy (non-hydrogen) atoms. The zero-order chi connectivity index (χ0) is 19.2. The first-order chi connectivity index (χ1) is 13.1. The van der Waals surface area contributed by atoms with E-state index in [1.165, 1.54) is 24.7 Å². The number of nitrogens with one attached hydrogen (secondary N) is 3. The van der Waals surface area contributed by atoms with Crippen LogP contribution in [0.15, 0.2) is 40.5 Å². The molecule has 10 heteroatoms. The lowest BCUT2D eigenvalue weighted by atomic mass is 10.2. The fraction of sp³-hybridized carbons (Fsp3) is 0.176. The van der Waals surface area contributed by atoms with E-state index in [0.717, 1.165) is 0 Å². The van der Waals surface area contributed by atoms with Gasteiger partial charge in [0, 0.05) is 30.1 Å². The number of esters is 1. The standard InChI is InChI=1S/C17H16N4O5S/c1-25-16(24)11-7-10(8-19-11)12-9-27-17(20-12)21-14(22)4-5-18-15(23)13-3-2-6-26-13/h2-3,6-9,19H,4-5H2,1H3,(H,18,23)(H,20,21,22). The molecule has 0 aliphatic heterocycles. The van der Waals surface area contributed by atoms with Crippen LogP contribution in [-0.4, -0.2) is 41.4 Å². The molecule has 0 saturated heterocycles. The van der Waals surface area contributed by atoms with Gasteiger partial charge in [-0.05, 0) is 18.2 Å². The van der Waals surface area contributed by atoms with E-state index in [1.807, 2.05) is 0 Å². The fourth-order valence-electron chi connectivity index (χ4n) is 2.20. The van der Waals surface area contributed by atoms with Crippen LogP contribution >= 0.6 is 11.3 Å². The minimum Gasteiger partial charge on any atom is -0.464 e. The third-order valence-corrected chi connectivity index (χ3v) is 4.27. The van der Waals surface area contributed by atoms with Gasteiger partial charge in [-0.3, -0.25) is 9.59 Å². The molecule has 140 valence electrons. The summed E-state index contributed by atoms with van der Waals surface area (Å²) in [6, 6.07) is 4.77. The van der Waals surface area contributed by atoms with E-state index >= 15 is 0 Å². The lowest BCUT2D eigenvalue weighted by molar-refractivity contribution is -0.116. The summed E-state index contributed by atoms with van der Waals surface area (Å²) in [7, 11) is 1.30. The van der Waals surface area contributed by atoms with E-state index < -0.39 is 5.97 Å². The zero-order valence-electron chi connectivity index (χ0n) is 14.3. The topological polar surface area (TPSA) is 126 Å². The van der Waals surface area contributed by atoms with Crippen LogP contribution in [0.5, 0.6) is 0 Å². The molecule has 3 aromatic rings. The maximum atomic E-state index is 12.0. The lowest BCUT2D eigenvalue weighted by Gasteiger charge is -2.03. The van der Waals surface area contributed by atoms with E-state index in [2.05, 4.69) is 25.3 Å². The Morgan fingerprint density at radius 2 is 2.22 bits per heavy atom. The number of thiazole rings is 1. The molecule has 0 saturated carbocycles. The molecule has 0 aliphatic rings. The second-order valence-electron chi connectivity index (χ2n) is 5.36.